The molecule has 0 aromatic heterocycles. The van der Waals surface area contributed by atoms with Gasteiger partial charge >= 0.3 is 12.0 Å². The SMILES string of the molecule is C[C@H](OC(=O)c1cc(F)c(Cl)cc1Cl)C(=O)NC(=O)NC1CCCCC1. The zero-order valence-electron chi connectivity index (χ0n) is 14.1. The molecule has 1 aliphatic carbocycles. The average Bonchev–Trinajstić information content (AvgIpc) is 2.58. The van der Waals surface area contributed by atoms with E-state index in [1.165, 1.54) is 6.92 Å². The maximum absolute atomic E-state index is 13.5. The van der Waals surface area contributed by atoms with Crippen LogP contribution in [0.3, 0.4) is 0 Å². The highest BCUT2D eigenvalue weighted by molar-refractivity contribution is 6.36. The Morgan fingerprint density at radius 3 is 2.46 bits per heavy atom. The molecule has 0 spiro atoms. The van der Waals surface area contributed by atoms with Crippen LogP contribution in [0, 0.1) is 5.82 Å². The lowest BCUT2D eigenvalue weighted by Gasteiger charge is -2.23. The normalized spacial score (nSPS) is 15.8. The van der Waals surface area contributed by atoms with Gasteiger partial charge in [-0.15, -0.1) is 0 Å². The Hall–Kier alpha value is -1.86. The van der Waals surface area contributed by atoms with E-state index in [1.54, 1.807) is 0 Å². The van der Waals surface area contributed by atoms with Gasteiger partial charge < -0.3 is 10.1 Å². The number of esters is 1. The van der Waals surface area contributed by atoms with Crippen molar-refractivity contribution in [2.45, 2.75) is 51.2 Å². The van der Waals surface area contributed by atoms with Crippen molar-refractivity contribution >= 4 is 41.1 Å². The zero-order chi connectivity index (χ0) is 19.3. The molecule has 0 aliphatic heterocycles. The molecule has 142 valence electrons. The van der Waals surface area contributed by atoms with Gasteiger partial charge in [-0.2, -0.15) is 0 Å². The summed E-state index contributed by atoms with van der Waals surface area (Å²) in [5, 5.41) is 4.49. The molecule has 6 nitrogen and oxygen atoms in total. The molecule has 2 rings (SSSR count). The molecule has 0 heterocycles. The molecule has 0 radical (unpaired) electrons. The van der Waals surface area contributed by atoms with Gasteiger partial charge in [0.25, 0.3) is 5.91 Å². The minimum atomic E-state index is -1.27. The van der Waals surface area contributed by atoms with Crippen LogP contribution in [0.1, 0.15) is 49.4 Å². The highest BCUT2D eigenvalue weighted by Gasteiger charge is 2.24. The summed E-state index contributed by atoms with van der Waals surface area (Å²) in [5.74, 6) is -2.63. The van der Waals surface area contributed by atoms with Crippen LogP contribution in [0.4, 0.5) is 9.18 Å². The van der Waals surface area contributed by atoms with Crippen LogP contribution in [0.25, 0.3) is 0 Å². The van der Waals surface area contributed by atoms with E-state index in [2.05, 4.69) is 10.6 Å². The fraction of sp³-hybridized carbons (Fsp3) is 0.471. The largest absolute Gasteiger partial charge is 0.449 e. The lowest BCUT2D eigenvalue weighted by atomic mass is 9.96. The van der Waals surface area contributed by atoms with Gasteiger partial charge in [-0.05, 0) is 31.9 Å². The molecular weight excluding hydrogens is 386 g/mol. The fourth-order valence-corrected chi connectivity index (χ4v) is 3.10. The number of imide groups is 1. The van der Waals surface area contributed by atoms with Crippen molar-refractivity contribution in [2.24, 2.45) is 0 Å². The minimum absolute atomic E-state index is 0.0326. The standard InChI is InChI=1S/C17H19Cl2FN2O4/c1-9(15(23)22-17(25)21-10-5-3-2-4-6-10)26-16(24)11-7-14(20)13(19)8-12(11)18/h7-10H,2-6H2,1H3,(H2,21,22,23,25)/t9-/m0/s1. The van der Waals surface area contributed by atoms with Crippen molar-refractivity contribution in [3.8, 4) is 0 Å². The summed E-state index contributed by atoms with van der Waals surface area (Å²) >= 11 is 11.4. The highest BCUT2D eigenvalue weighted by atomic mass is 35.5. The summed E-state index contributed by atoms with van der Waals surface area (Å²) in [6, 6.07) is 1.29. The van der Waals surface area contributed by atoms with Crippen molar-refractivity contribution in [1.29, 1.82) is 0 Å². The number of amides is 3. The number of ether oxygens (including phenoxy) is 1. The summed E-state index contributed by atoms with van der Waals surface area (Å²) in [4.78, 5) is 35.9. The first-order chi connectivity index (χ1) is 12.3. The van der Waals surface area contributed by atoms with Crippen molar-refractivity contribution in [3.05, 3.63) is 33.6 Å². The topological polar surface area (TPSA) is 84.5 Å². The van der Waals surface area contributed by atoms with Crippen LogP contribution >= 0.6 is 23.2 Å². The maximum Gasteiger partial charge on any atom is 0.340 e. The highest BCUT2D eigenvalue weighted by Crippen LogP contribution is 2.25. The number of urea groups is 1. The Morgan fingerprint density at radius 2 is 1.81 bits per heavy atom. The molecule has 3 amide bonds. The third-order valence-corrected chi connectivity index (χ3v) is 4.66. The molecule has 26 heavy (non-hydrogen) atoms. The first kappa shape index (κ1) is 20.5. The summed E-state index contributed by atoms with van der Waals surface area (Å²) in [7, 11) is 0. The number of halogens is 3. The molecule has 0 unspecified atom stereocenters. The van der Waals surface area contributed by atoms with Crippen molar-refractivity contribution in [2.75, 3.05) is 0 Å². The molecule has 1 fully saturated rings. The van der Waals surface area contributed by atoms with E-state index < -0.39 is 29.8 Å². The second-order valence-corrected chi connectivity index (χ2v) is 6.91. The monoisotopic (exact) mass is 404 g/mol. The number of hydrogen-bond acceptors (Lipinski definition) is 4. The number of benzene rings is 1. The summed E-state index contributed by atoms with van der Waals surface area (Å²) in [6.45, 7) is 1.29. The van der Waals surface area contributed by atoms with E-state index >= 15 is 0 Å². The van der Waals surface area contributed by atoms with Crippen LogP contribution in [0.5, 0.6) is 0 Å². The summed E-state index contributed by atoms with van der Waals surface area (Å²) in [5.41, 5.74) is -0.264. The smallest absolute Gasteiger partial charge is 0.340 e. The molecule has 0 saturated heterocycles. The van der Waals surface area contributed by atoms with E-state index in [0.717, 1.165) is 44.2 Å². The molecule has 1 aliphatic rings. The van der Waals surface area contributed by atoms with Crippen LogP contribution in [0.15, 0.2) is 12.1 Å². The maximum atomic E-state index is 13.5. The third kappa shape index (κ3) is 5.57. The van der Waals surface area contributed by atoms with Crippen LogP contribution in [0.2, 0.25) is 10.0 Å². The van der Waals surface area contributed by atoms with E-state index in [1.807, 2.05) is 0 Å². The van der Waals surface area contributed by atoms with E-state index in [4.69, 9.17) is 27.9 Å². The van der Waals surface area contributed by atoms with Gasteiger partial charge in [-0.1, -0.05) is 42.5 Å². The van der Waals surface area contributed by atoms with Gasteiger partial charge in [0.15, 0.2) is 6.10 Å². The van der Waals surface area contributed by atoms with E-state index in [9.17, 15) is 18.8 Å². The second-order valence-electron chi connectivity index (χ2n) is 6.09. The van der Waals surface area contributed by atoms with Gasteiger partial charge in [-0.25, -0.2) is 14.0 Å². The predicted molar refractivity (Wildman–Crippen MR) is 94.8 cm³/mol. The Labute approximate surface area is 160 Å². The van der Waals surface area contributed by atoms with E-state index in [-0.39, 0.29) is 21.7 Å². The Morgan fingerprint density at radius 1 is 1.15 bits per heavy atom. The Kier molecular flexibility index (Phi) is 7.23. The first-order valence-electron chi connectivity index (χ1n) is 8.25. The summed E-state index contributed by atoms with van der Waals surface area (Å²) < 4.78 is 18.4. The van der Waals surface area contributed by atoms with Crippen molar-refractivity contribution in [3.63, 3.8) is 0 Å². The lowest BCUT2D eigenvalue weighted by molar-refractivity contribution is -0.127. The molecule has 0 bridgehead atoms. The van der Waals surface area contributed by atoms with Gasteiger partial charge in [0, 0.05) is 6.04 Å². The average molecular weight is 405 g/mol. The van der Waals surface area contributed by atoms with Crippen LogP contribution in [-0.2, 0) is 9.53 Å². The summed E-state index contributed by atoms with van der Waals surface area (Å²) in [6.07, 6.45) is 3.67. The van der Waals surface area contributed by atoms with Crippen molar-refractivity contribution in [1.82, 2.24) is 10.6 Å². The fourth-order valence-electron chi connectivity index (χ4n) is 2.64. The molecule has 2 N–H and O–H groups in total. The number of carbonyl (C=O) groups excluding carboxylic acids is 3. The first-order valence-corrected chi connectivity index (χ1v) is 9.00. The van der Waals surface area contributed by atoms with Gasteiger partial charge in [0.05, 0.1) is 15.6 Å². The molecule has 1 atom stereocenters. The van der Waals surface area contributed by atoms with Gasteiger partial charge in [-0.3, -0.25) is 10.1 Å². The number of hydrogen-bond donors (Lipinski definition) is 2. The number of carbonyl (C=O) groups is 3. The predicted octanol–water partition coefficient (Wildman–Crippen LogP) is 3.84. The number of nitrogens with one attached hydrogen (secondary N) is 2. The zero-order valence-corrected chi connectivity index (χ0v) is 15.6. The van der Waals surface area contributed by atoms with Gasteiger partial charge in [0.1, 0.15) is 5.82 Å². The van der Waals surface area contributed by atoms with Gasteiger partial charge in [0.2, 0.25) is 0 Å². The van der Waals surface area contributed by atoms with Crippen LogP contribution in [-0.4, -0.2) is 30.1 Å². The Bertz CT molecular complexity index is 708. The van der Waals surface area contributed by atoms with Crippen LogP contribution < -0.4 is 10.6 Å². The van der Waals surface area contributed by atoms with Crippen molar-refractivity contribution < 1.29 is 23.5 Å². The molecule has 1 aromatic carbocycles. The minimum Gasteiger partial charge on any atom is -0.449 e. The molecule has 1 saturated carbocycles. The third-order valence-electron chi connectivity index (χ3n) is 4.06. The molecule has 1 aromatic rings. The molecular formula is C17H19Cl2FN2O4. The quantitative estimate of drug-likeness (QED) is 0.589. The second kappa shape index (κ2) is 9.19. The van der Waals surface area contributed by atoms with E-state index in [0.29, 0.717) is 0 Å². The Balaban J connectivity index is 1.88. The lowest BCUT2D eigenvalue weighted by Crippen LogP contribution is -2.48. The number of rotatable bonds is 4. The molecule has 9 heteroatoms.